The Hall–Kier alpha value is -1.79. The molecule has 0 aromatic heterocycles. The minimum Gasteiger partial charge on any atom is -0.468 e. The molecule has 1 fully saturated rings. The highest BCUT2D eigenvalue weighted by Gasteiger charge is 2.41. The van der Waals surface area contributed by atoms with Crippen LogP contribution < -0.4 is 0 Å². The number of piperidine rings is 1. The second-order valence-corrected chi connectivity index (χ2v) is 4.49. The highest BCUT2D eigenvalue weighted by Crippen LogP contribution is 2.28. The predicted molar refractivity (Wildman–Crippen MR) is 66.1 cm³/mol. The Balaban J connectivity index is 2.89. The molecule has 106 valence electrons. The standard InChI is InChI=1S/C11H18N4O4/c1-15-8(10(16)18-2)4-7(6-13-14-12)5-9(15)11(17)19-3/h7-9H,4-6H2,1-3H3/t7?,8-,9+. The normalized spacial score (nSPS) is 27.2. The van der Waals surface area contributed by atoms with E-state index < -0.39 is 24.0 Å². The summed E-state index contributed by atoms with van der Waals surface area (Å²) in [5.74, 6) is -0.843. The van der Waals surface area contributed by atoms with Gasteiger partial charge in [0.2, 0.25) is 0 Å². The van der Waals surface area contributed by atoms with Crippen molar-refractivity contribution in [2.24, 2.45) is 11.0 Å². The van der Waals surface area contributed by atoms with Crippen molar-refractivity contribution in [3.63, 3.8) is 0 Å². The van der Waals surface area contributed by atoms with Gasteiger partial charge >= 0.3 is 11.9 Å². The molecule has 8 heteroatoms. The minimum absolute atomic E-state index is 0.0414. The molecular weight excluding hydrogens is 252 g/mol. The molecule has 0 aliphatic carbocycles. The first kappa shape index (κ1) is 15.3. The van der Waals surface area contributed by atoms with Crippen LogP contribution in [0.1, 0.15) is 12.8 Å². The zero-order chi connectivity index (χ0) is 14.4. The fourth-order valence-electron chi connectivity index (χ4n) is 2.38. The van der Waals surface area contributed by atoms with E-state index in [1.165, 1.54) is 14.2 Å². The van der Waals surface area contributed by atoms with Gasteiger partial charge in [-0.25, -0.2) is 0 Å². The van der Waals surface area contributed by atoms with Crippen LogP contribution in [-0.2, 0) is 19.1 Å². The molecule has 1 heterocycles. The second kappa shape index (κ2) is 6.96. The van der Waals surface area contributed by atoms with Crippen LogP contribution in [0.4, 0.5) is 0 Å². The molecule has 1 aliphatic rings. The molecule has 0 aromatic rings. The molecule has 1 unspecified atom stereocenters. The molecule has 1 rings (SSSR count). The number of ether oxygens (including phenoxy) is 2. The molecule has 1 saturated heterocycles. The number of likely N-dealkylation sites (tertiary alicyclic amines) is 1. The van der Waals surface area contributed by atoms with Crippen molar-refractivity contribution in [3.8, 4) is 0 Å². The fourth-order valence-corrected chi connectivity index (χ4v) is 2.38. The number of likely N-dealkylation sites (N-methyl/N-ethyl adjacent to an activating group) is 1. The van der Waals surface area contributed by atoms with Crippen molar-refractivity contribution in [2.45, 2.75) is 24.9 Å². The van der Waals surface area contributed by atoms with E-state index >= 15 is 0 Å². The summed E-state index contributed by atoms with van der Waals surface area (Å²) in [5.41, 5.74) is 8.36. The SMILES string of the molecule is COC(=O)[C@H]1CC(CN=[N+]=[N-])C[C@@H](C(=O)OC)N1C. The van der Waals surface area contributed by atoms with Crippen molar-refractivity contribution in [3.05, 3.63) is 10.4 Å². The first-order valence-electron chi connectivity index (χ1n) is 5.93. The molecule has 0 radical (unpaired) electrons. The zero-order valence-corrected chi connectivity index (χ0v) is 11.3. The Morgan fingerprint density at radius 3 is 2.11 bits per heavy atom. The topological polar surface area (TPSA) is 105 Å². The maximum atomic E-state index is 11.7. The molecule has 0 spiro atoms. The Bertz CT molecular complexity index is 368. The van der Waals surface area contributed by atoms with Crippen molar-refractivity contribution >= 4 is 11.9 Å². The van der Waals surface area contributed by atoms with Gasteiger partial charge in [0.25, 0.3) is 0 Å². The monoisotopic (exact) mass is 270 g/mol. The summed E-state index contributed by atoms with van der Waals surface area (Å²) in [5, 5.41) is 3.52. The van der Waals surface area contributed by atoms with Gasteiger partial charge in [-0.05, 0) is 31.3 Å². The van der Waals surface area contributed by atoms with Crippen molar-refractivity contribution in [1.29, 1.82) is 0 Å². The van der Waals surface area contributed by atoms with Crippen LogP contribution in [0.3, 0.4) is 0 Å². The molecule has 0 N–H and O–H groups in total. The van der Waals surface area contributed by atoms with Crippen molar-refractivity contribution < 1.29 is 19.1 Å². The van der Waals surface area contributed by atoms with Crippen LogP contribution in [0.25, 0.3) is 10.4 Å². The van der Waals surface area contributed by atoms with E-state index in [1.807, 2.05) is 0 Å². The van der Waals surface area contributed by atoms with E-state index in [9.17, 15) is 9.59 Å². The number of azide groups is 1. The van der Waals surface area contributed by atoms with Crippen LogP contribution >= 0.6 is 0 Å². The summed E-state index contributed by atoms with van der Waals surface area (Å²) in [7, 11) is 4.30. The van der Waals surface area contributed by atoms with Gasteiger partial charge in [0.05, 0.1) is 14.2 Å². The summed E-state index contributed by atoms with van der Waals surface area (Å²) in [6.45, 7) is 0.255. The van der Waals surface area contributed by atoms with Crippen LogP contribution in [0.2, 0.25) is 0 Å². The first-order chi connectivity index (χ1) is 9.04. The van der Waals surface area contributed by atoms with Gasteiger partial charge in [-0.1, -0.05) is 5.11 Å². The second-order valence-electron chi connectivity index (χ2n) is 4.49. The third-order valence-electron chi connectivity index (χ3n) is 3.45. The maximum absolute atomic E-state index is 11.7. The smallest absolute Gasteiger partial charge is 0.323 e. The number of methoxy groups -OCH3 is 2. The minimum atomic E-state index is -0.526. The number of carbonyl (C=O) groups is 2. The molecule has 0 saturated carbocycles. The van der Waals surface area contributed by atoms with Crippen molar-refractivity contribution in [1.82, 2.24) is 4.90 Å². The van der Waals surface area contributed by atoms with E-state index in [4.69, 9.17) is 15.0 Å². The van der Waals surface area contributed by atoms with Crippen LogP contribution in [0, 0.1) is 5.92 Å². The lowest BCUT2D eigenvalue weighted by molar-refractivity contribution is -0.157. The predicted octanol–water partition coefficient (Wildman–Crippen LogP) is 0.722. The Morgan fingerprint density at radius 2 is 1.74 bits per heavy atom. The number of carbonyl (C=O) groups excluding carboxylic acids is 2. The van der Waals surface area contributed by atoms with E-state index in [0.29, 0.717) is 12.8 Å². The first-order valence-corrected chi connectivity index (χ1v) is 5.93. The van der Waals surface area contributed by atoms with E-state index in [-0.39, 0.29) is 12.5 Å². The average molecular weight is 270 g/mol. The zero-order valence-electron chi connectivity index (χ0n) is 11.3. The molecule has 0 amide bonds. The van der Waals surface area contributed by atoms with E-state index in [1.54, 1.807) is 11.9 Å². The highest BCUT2D eigenvalue weighted by atomic mass is 16.5. The molecule has 1 aliphatic heterocycles. The lowest BCUT2D eigenvalue weighted by Crippen LogP contribution is -2.54. The molecule has 8 nitrogen and oxygen atoms in total. The quantitative estimate of drug-likeness (QED) is 0.324. The third-order valence-corrected chi connectivity index (χ3v) is 3.45. The number of rotatable bonds is 4. The van der Waals surface area contributed by atoms with Gasteiger partial charge in [-0.2, -0.15) is 0 Å². The Labute approximate surface area is 111 Å². The largest absolute Gasteiger partial charge is 0.468 e. The molecular formula is C11H18N4O4. The summed E-state index contributed by atoms with van der Waals surface area (Å²) in [6.07, 6.45) is 0.991. The number of esters is 2. The molecule has 3 atom stereocenters. The van der Waals surface area contributed by atoms with Crippen molar-refractivity contribution in [2.75, 3.05) is 27.8 Å². The Morgan fingerprint density at radius 1 is 1.26 bits per heavy atom. The summed E-state index contributed by atoms with van der Waals surface area (Å²) in [4.78, 5) is 27.8. The number of nitrogens with zero attached hydrogens (tertiary/aromatic N) is 4. The Kier molecular flexibility index (Phi) is 5.59. The van der Waals surface area contributed by atoms with Gasteiger partial charge in [0.15, 0.2) is 0 Å². The van der Waals surface area contributed by atoms with Gasteiger partial charge in [0.1, 0.15) is 12.1 Å². The van der Waals surface area contributed by atoms with Crippen LogP contribution in [0.15, 0.2) is 5.11 Å². The summed E-state index contributed by atoms with van der Waals surface area (Å²) < 4.78 is 9.48. The number of hydrogen-bond donors (Lipinski definition) is 0. The molecule has 0 aromatic carbocycles. The molecule has 19 heavy (non-hydrogen) atoms. The van der Waals surface area contributed by atoms with Gasteiger partial charge in [-0.3, -0.25) is 14.5 Å². The van der Waals surface area contributed by atoms with E-state index in [2.05, 4.69) is 10.0 Å². The fraction of sp³-hybridized carbons (Fsp3) is 0.818. The molecule has 0 bridgehead atoms. The summed E-state index contributed by atoms with van der Waals surface area (Å²) in [6, 6.07) is -1.05. The summed E-state index contributed by atoms with van der Waals surface area (Å²) >= 11 is 0. The van der Waals surface area contributed by atoms with E-state index in [0.717, 1.165) is 0 Å². The van der Waals surface area contributed by atoms with Gasteiger partial charge < -0.3 is 9.47 Å². The van der Waals surface area contributed by atoms with Gasteiger partial charge in [-0.15, -0.1) is 0 Å². The average Bonchev–Trinajstić information content (AvgIpc) is 2.44. The maximum Gasteiger partial charge on any atom is 0.323 e. The van der Waals surface area contributed by atoms with Crippen LogP contribution in [0.5, 0.6) is 0 Å². The lowest BCUT2D eigenvalue weighted by atomic mass is 9.86. The highest BCUT2D eigenvalue weighted by molar-refractivity contribution is 5.80. The number of hydrogen-bond acceptors (Lipinski definition) is 6. The van der Waals surface area contributed by atoms with Gasteiger partial charge in [0, 0.05) is 11.5 Å². The lowest BCUT2D eigenvalue weighted by Gasteiger charge is -2.39. The third kappa shape index (κ3) is 3.59. The van der Waals surface area contributed by atoms with Crippen LogP contribution in [-0.4, -0.2) is 56.7 Å².